The van der Waals surface area contributed by atoms with E-state index in [0.29, 0.717) is 11.3 Å². The molecule has 6 nitrogen and oxygen atoms in total. The van der Waals surface area contributed by atoms with Crippen molar-refractivity contribution in [2.45, 2.75) is 26.7 Å². The Kier molecular flexibility index (Phi) is 7.34. The third-order valence-electron chi connectivity index (χ3n) is 3.11. The molecule has 1 aromatic carbocycles. The zero-order valence-corrected chi connectivity index (χ0v) is 13.4. The number of anilines is 1. The lowest BCUT2D eigenvalue weighted by Crippen LogP contribution is -2.18. The Morgan fingerprint density at radius 3 is 2.65 bits per heavy atom. The van der Waals surface area contributed by atoms with E-state index < -0.39 is 18.4 Å². The van der Waals surface area contributed by atoms with E-state index in [1.165, 1.54) is 6.92 Å². The van der Waals surface area contributed by atoms with Gasteiger partial charge in [0.2, 0.25) is 5.78 Å². The van der Waals surface area contributed by atoms with Gasteiger partial charge in [-0.25, -0.2) is 4.79 Å². The van der Waals surface area contributed by atoms with Gasteiger partial charge < -0.3 is 15.8 Å². The highest BCUT2D eigenvalue weighted by molar-refractivity contribution is 6.03. The van der Waals surface area contributed by atoms with E-state index in [9.17, 15) is 9.59 Å². The van der Waals surface area contributed by atoms with Gasteiger partial charge in [-0.05, 0) is 25.5 Å². The molecule has 0 bridgehead atoms. The molecule has 0 atom stereocenters. The Labute approximate surface area is 135 Å². The quantitative estimate of drug-likeness (QED) is 0.330. The number of allylic oxidation sites excluding steroid dienone is 1. The number of carbonyl (C=O) groups is 2. The Morgan fingerprint density at radius 2 is 2.04 bits per heavy atom. The topological polar surface area (TPSA) is 105 Å². The molecule has 0 aromatic heterocycles. The van der Waals surface area contributed by atoms with E-state index in [0.717, 1.165) is 19.4 Å². The molecule has 1 rings (SSSR count). The van der Waals surface area contributed by atoms with Crippen LogP contribution in [0.1, 0.15) is 37.0 Å². The van der Waals surface area contributed by atoms with Gasteiger partial charge in [0.05, 0.1) is 5.56 Å². The second kappa shape index (κ2) is 9.26. The summed E-state index contributed by atoms with van der Waals surface area (Å²) in [6, 6.07) is 8.64. The van der Waals surface area contributed by atoms with E-state index in [1.807, 2.05) is 6.07 Å². The van der Waals surface area contributed by atoms with Gasteiger partial charge in [0.1, 0.15) is 11.6 Å². The van der Waals surface area contributed by atoms with Gasteiger partial charge in [-0.2, -0.15) is 5.26 Å². The lowest BCUT2D eigenvalue weighted by molar-refractivity contribution is -0.118. The van der Waals surface area contributed by atoms with Crippen LogP contribution >= 0.6 is 0 Å². The zero-order valence-electron chi connectivity index (χ0n) is 13.4. The number of nitriles is 1. The number of nitrogens with one attached hydrogen (secondary N) is 1. The predicted octanol–water partition coefficient (Wildman–Crippen LogP) is 2.38. The van der Waals surface area contributed by atoms with Gasteiger partial charge in [-0.15, -0.1) is 0 Å². The van der Waals surface area contributed by atoms with E-state index in [1.54, 1.807) is 24.3 Å². The molecule has 0 unspecified atom stereocenters. The summed E-state index contributed by atoms with van der Waals surface area (Å²) in [5, 5.41) is 12.0. The first kappa shape index (κ1) is 18.2. The van der Waals surface area contributed by atoms with Gasteiger partial charge in [-0.1, -0.05) is 25.5 Å². The molecular formula is C17H21N3O3. The highest BCUT2D eigenvalue weighted by atomic mass is 16.5. The molecule has 1 aromatic rings. The monoisotopic (exact) mass is 315 g/mol. The number of nitrogens with two attached hydrogens (primary N) is 1. The second-order valence-corrected chi connectivity index (χ2v) is 5.00. The molecule has 0 aliphatic carbocycles. The van der Waals surface area contributed by atoms with Crippen LogP contribution in [0.4, 0.5) is 5.69 Å². The first-order valence-electron chi connectivity index (χ1n) is 7.40. The van der Waals surface area contributed by atoms with Crippen molar-refractivity contribution in [2.24, 2.45) is 5.73 Å². The minimum Gasteiger partial charge on any atom is -0.454 e. The smallest absolute Gasteiger partial charge is 0.340 e. The number of para-hydroxylation sites is 1. The molecule has 0 fully saturated rings. The maximum atomic E-state index is 12.1. The molecule has 0 saturated heterocycles. The molecule has 0 heterocycles. The fourth-order valence-electron chi connectivity index (χ4n) is 1.87. The van der Waals surface area contributed by atoms with Crippen molar-refractivity contribution in [1.29, 1.82) is 5.26 Å². The average molecular weight is 315 g/mol. The van der Waals surface area contributed by atoms with Crippen LogP contribution in [0, 0.1) is 11.3 Å². The molecule has 3 N–H and O–H groups in total. The highest BCUT2D eigenvalue weighted by Gasteiger charge is 2.17. The van der Waals surface area contributed by atoms with Crippen LogP contribution in [0.5, 0.6) is 0 Å². The maximum absolute atomic E-state index is 12.1. The molecule has 6 heteroatoms. The minimum atomic E-state index is -0.620. The summed E-state index contributed by atoms with van der Waals surface area (Å²) in [5.41, 5.74) is 6.37. The van der Waals surface area contributed by atoms with Gasteiger partial charge in [0.25, 0.3) is 0 Å². The third-order valence-corrected chi connectivity index (χ3v) is 3.11. The Morgan fingerprint density at radius 1 is 1.35 bits per heavy atom. The summed E-state index contributed by atoms with van der Waals surface area (Å²) in [7, 11) is 0. The van der Waals surface area contributed by atoms with Crippen LogP contribution in [0.15, 0.2) is 35.5 Å². The summed E-state index contributed by atoms with van der Waals surface area (Å²) >= 11 is 0. The normalized spacial score (nSPS) is 11.2. The van der Waals surface area contributed by atoms with Crippen LogP contribution in [0.25, 0.3) is 0 Å². The fourth-order valence-corrected chi connectivity index (χ4v) is 1.87. The maximum Gasteiger partial charge on any atom is 0.340 e. The summed E-state index contributed by atoms with van der Waals surface area (Å²) in [6.45, 7) is 3.76. The first-order valence-corrected chi connectivity index (χ1v) is 7.40. The van der Waals surface area contributed by atoms with E-state index in [4.69, 9.17) is 15.7 Å². The number of benzene rings is 1. The van der Waals surface area contributed by atoms with E-state index in [2.05, 4.69) is 12.2 Å². The van der Waals surface area contributed by atoms with Crippen molar-refractivity contribution in [2.75, 3.05) is 18.5 Å². The largest absolute Gasteiger partial charge is 0.454 e. The number of Topliss-reactive ketones (excluding diaryl/α,β-unsaturated/α-hetero) is 1. The molecule has 0 aliphatic rings. The van der Waals surface area contributed by atoms with Crippen molar-refractivity contribution in [1.82, 2.24) is 0 Å². The number of unbranched alkanes of at least 4 members (excludes halogenated alkanes) is 1. The van der Waals surface area contributed by atoms with Crippen molar-refractivity contribution in [3.63, 3.8) is 0 Å². The van der Waals surface area contributed by atoms with Crippen molar-refractivity contribution in [3.8, 4) is 6.07 Å². The molecule has 0 amide bonds. The lowest BCUT2D eigenvalue weighted by atomic mass is 10.1. The number of esters is 1. The van der Waals surface area contributed by atoms with Crippen LogP contribution < -0.4 is 11.1 Å². The highest BCUT2D eigenvalue weighted by Crippen LogP contribution is 2.16. The number of nitrogens with zero attached hydrogens (tertiary/aromatic N) is 1. The molecule has 0 radical (unpaired) electrons. The molecular weight excluding hydrogens is 294 g/mol. The molecule has 122 valence electrons. The first-order chi connectivity index (χ1) is 11.0. The Hall–Kier alpha value is -2.81. The number of hydrogen-bond donors (Lipinski definition) is 2. The Balaban J connectivity index is 2.74. The van der Waals surface area contributed by atoms with Crippen molar-refractivity contribution in [3.05, 3.63) is 41.1 Å². The number of hydrogen-bond acceptors (Lipinski definition) is 6. The molecule has 0 spiro atoms. The number of ether oxygens (including phenoxy) is 1. The zero-order chi connectivity index (χ0) is 17.2. The van der Waals surface area contributed by atoms with Crippen LogP contribution in [-0.2, 0) is 9.53 Å². The SMILES string of the molecule is CCCCNc1ccccc1C(=O)OCC(=O)/C(C#N)=C(/C)N. The summed E-state index contributed by atoms with van der Waals surface area (Å²) < 4.78 is 5.00. The Bertz CT molecular complexity index is 641. The number of rotatable bonds is 8. The average Bonchev–Trinajstić information content (AvgIpc) is 2.53. The number of carbonyl (C=O) groups excluding carboxylic acids is 2. The minimum absolute atomic E-state index is 0.107. The standard InChI is InChI=1S/C17H21N3O3/c1-3-4-9-20-15-8-6-5-7-13(15)17(22)23-11-16(21)14(10-18)12(2)19/h5-8,20H,3-4,9,11,19H2,1-2H3/b14-12-. The molecule has 0 saturated carbocycles. The predicted molar refractivity (Wildman–Crippen MR) is 87.6 cm³/mol. The summed E-state index contributed by atoms with van der Waals surface area (Å²) in [4.78, 5) is 23.9. The molecule has 23 heavy (non-hydrogen) atoms. The van der Waals surface area contributed by atoms with E-state index in [-0.39, 0.29) is 11.3 Å². The van der Waals surface area contributed by atoms with Crippen LogP contribution in [-0.4, -0.2) is 24.9 Å². The van der Waals surface area contributed by atoms with Crippen LogP contribution in [0.2, 0.25) is 0 Å². The van der Waals surface area contributed by atoms with Crippen LogP contribution in [0.3, 0.4) is 0 Å². The number of ketones is 1. The third kappa shape index (κ3) is 5.47. The van der Waals surface area contributed by atoms with Gasteiger partial charge in [0.15, 0.2) is 6.61 Å². The van der Waals surface area contributed by atoms with Gasteiger partial charge in [-0.3, -0.25) is 4.79 Å². The summed E-state index contributed by atoms with van der Waals surface area (Å²) in [5.74, 6) is -1.23. The second-order valence-electron chi connectivity index (χ2n) is 5.00. The van der Waals surface area contributed by atoms with Gasteiger partial charge in [0, 0.05) is 17.9 Å². The van der Waals surface area contributed by atoms with Gasteiger partial charge >= 0.3 is 5.97 Å². The molecule has 0 aliphatic heterocycles. The fraction of sp³-hybridized carbons (Fsp3) is 0.353. The van der Waals surface area contributed by atoms with Crippen molar-refractivity contribution < 1.29 is 14.3 Å². The summed E-state index contributed by atoms with van der Waals surface area (Å²) in [6.07, 6.45) is 2.02. The van der Waals surface area contributed by atoms with Crippen molar-refractivity contribution >= 4 is 17.4 Å². The van der Waals surface area contributed by atoms with E-state index >= 15 is 0 Å². The lowest BCUT2D eigenvalue weighted by Gasteiger charge is -2.11.